The number of aliphatic carboxylic acids is 3. The van der Waals surface area contributed by atoms with Gasteiger partial charge < -0.3 is 28.8 Å². The van der Waals surface area contributed by atoms with E-state index in [0.717, 1.165) is 6.92 Å². The van der Waals surface area contributed by atoms with Crippen LogP contribution >= 0.6 is 0 Å². The molecule has 0 rings (SSSR count). The van der Waals surface area contributed by atoms with Crippen molar-refractivity contribution in [2.75, 3.05) is 0 Å². The Kier molecular flexibility index (Phi) is 11.0. The molecule has 0 spiro atoms. The quantitative estimate of drug-likeness (QED) is 0.310. The molecular weight excluding hydrogens is 312 g/mol. The van der Waals surface area contributed by atoms with Gasteiger partial charge in [-0.1, -0.05) is 0 Å². The number of nitrogens with one attached hydrogen (secondary N) is 2. The first-order valence-electron chi connectivity index (χ1n) is 5.87. The van der Waals surface area contributed by atoms with Gasteiger partial charge in [-0.05, 0) is 6.42 Å². The summed E-state index contributed by atoms with van der Waals surface area (Å²) in [7, 11) is 0. The summed E-state index contributed by atoms with van der Waals surface area (Å²) in [5, 5.41) is 30.1. The van der Waals surface area contributed by atoms with Crippen LogP contribution in [0.5, 0.6) is 0 Å². The normalized spacial score (nSPS) is 12.2. The van der Waals surface area contributed by atoms with Crippen molar-refractivity contribution in [3.05, 3.63) is 0 Å². The third-order valence-corrected chi connectivity index (χ3v) is 2.33. The molecule has 2 amide bonds. The molecule has 0 aliphatic heterocycles. The first-order chi connectivity index (χ1) is 9.63. The van der Waals surface area contributed by atoms with Crippen LogP contribution in [0.1, 0.15) is 29.0 Å². The third kappa shape index (κ3) is 9.93. The molecule has 11 heteroatoms. The number of carbonyl (C=O) groups excluding carboxylic acids is 2. The van der Waals surface area contributed by atoms with E-state index >= 15 is 0 Å². The molecule has 10 nitrogen and oxygen atoms in total. The van der Waals surface area contributed by atoms with Crippen LogP contribution in [0.3, 0.4) is 0 Å². The molecular formula is C11H18MgN2O8. The average molecular weight is 331 g/mol. The number of hydrogen-bond donors (Lipinski definition) is 5. The number of rotatable bonds is 9. The van der Waals surface area contributed by atoms with Crippen molar-refractivity contribution in [3.8, 4) is 0 Å². The molecule has 122 valence electrons. The van der Waals surface area contributed by atoms with Gasteiger partial charge in [0, 0.05) is 13.3 Å². The Morgan fingerprint density at radius 3 is 1.86 bits per heavy atom. The largest absolute Gasteiger partial charge is 2.00 e. The number of hydrogen-bond acceptors (Lipinski definition) is 5. The minimum atomic E-state index is -1.49. The van der Waals surface area contributed by atoms with E-state index < -0.39 is 54.6 Å². The molecule has 0 saturated carbocycles. The summed E-state index contributed by atoms with van der Waals surface area (Å²) in [5.74, 6) is -5.72. The molecule has 0 radical (unpaired) electrons. The number of amides is 2. The van der Waals surface area contributed by atoms with Crippen molar-refractivity contribution in [2.45, 2.75) is 38.3 Å². The molecule has 0 saturated heterocycles. The van der Waals surface area contributed by atoms with Crippen molar-refractivity contribution in [2.24, 2.45) is 0 Å². The van der Waals surface area contributed by atoms with Crippen molar-refractivity contribution in [1.82, 2.24) is 10.6 Å². The Morgan fingerprint density at radius 2 is 1.50 bits per heavy atom. The molecule has 0 aromatic rings. The maximum Gasteiger partial charge on any atom is 2.00 e. The van der Waals surface area contributed by atoms with E-state index in [1.807, 2.05) is 5.32 Å². The molecule has 5 N–H and O–H groups in total. The molecule has 0 aliphatic carbocycles. The molecule has 0 aliphatic rings. The maximum absolute atomic E-state index is 11.8. The van der Waals surface area contributed by atoms with Gasteiger partial charge in [0.25, 0.3) is 0 Å². The molecule has 0 aromatic heterocycles. The molecule has 0 bridgehead atoms. The van der Waals surface area contributed by atoms with Crippen LogP contribution in [0.2, 0.25) is 0 Å². The summed E-state index contributed by atoms with van der Waals surface area (Å²) in [6, 6.07) is -2.93. The first kappa shape index (κ1) is 22.4. The van der Waals surface area contributed by atoms with Crippen molar-refractivity contribution in [3.63, 3.8) is 0 Å². The van der Waals surface area contributed by atoms with E-state index in [2.05, 4.69) is 5.32 Å². The molecule has 22 heavy (non-hydrogen) atoms. The zero-order chi connectivity index (χ0) is 16.6. The van der Waals surface area contributed by atoms with E-state index in [4.69, 9.17) is 15.3 Å². The van der Waals surface area contributed by atoms with Crippen molar-refractivity contribution in [1.29, 1.82) is 0 Å². The van der Waals surface area contributed by atoms with E-state index in [-0.39, 0.29) is 32.3 Å². The standard InChI is InChI=1S/C11H16N2O8.Mg.2H/c1-5(14)12-7(4-9(17)18)10(19)13-6(11(20)21)2-3-8(15)16;;;/h6-7H,2-4H2,1H3,(H,12,14)(H,13,19)(H,15,16)(H,17,18)(H,20,21);;;/q;+2;2*-1/t6-,7-;;;/m0.../s1. The molecule has 2 atom stereocenters. The summed E-state index contributed by atoms with van der Waals surface area (Å²) in [5.41, 5.74) is 0. The molecule has 0 fully saturated rings. The van der Waals surface area contributed by atoms with Crippen LogP contribution in [0.15, 0.2) is 0 Å². The second kappa shape index (κ2) is 10.8. The van der Waals surface area contributed by atoms with Crippen LogP contribution in [-0.4, -0.2) is 80.2 Å². The van der Waals surface area contributed by atoms with E-state index in [9.17, 15) is 24.0 Å². The van der Waals surface area contributed by atoms with Gasteiger partial charge in [-0.25, -0.2) is 4.79 Å². The SMILES string of the molecule is CC(=O)N[C@@H](CC(=O)O)C(=O)N[C@@H](CCC(=O)O)C(=O)O.[H-].[H-].[Mg+2]. The van der Waals surface area contributed by atoms with Crippen LogP contribution in [0.4, 0.5) is 0 Å². The zero-order valence-electron chi connectivity index (χ0n) is 13.9. The minimum Gasteiger partial charge on any atom is -1.00 e. The van der Waals surface area contributed by atoms with Gasteiger partial charge in [0.15, 0.2) is 0 Å². The van der Waals surface area contributed by atoms with Gasteiger partial charge in [0.2, 0.25) is 11.8 Å². The third-order valence-electron chi connectivity index (χ3n) is 2.33. The van der Waals surface area contributed by atoms with E-state index in [1.165, 1.54) is 0 Å². The Morgan fingerprint density at radius 1 is 0.955 bits per heavy atom. The van der Waals surface area contributed by atoms with Crippen LogP contribution in [-0.2, 0) is 24.0 Å². The topological polar surface area (TPSA) is 170 Å². The Hall–Kier alpha value is -1.88. The van der Waals surface area contributed by atoms with Gasteiger partial charge in [-0.2, -0.15) is 0 Å². The summed E-state index contributed by atoms with van der Waals surface area (Å²) in [4.78, 5) is 54.6. The van der Waals surface area contributed by atoms with Crippen molar-refractivity contribution < 1.29 is 42.1 Å². The minimum absolute atomic E-state index is 0. The predicted octanol–water partition coefficient (Wildman–Crippen LogP) is -1.76. The van der Waals surface area contributed by atoms with Gasteiger partial charge in [0.05, 0.1) is 6.42 Å². The summed E-state index contributed by atoms with van der Waals surface area (Å²) < 4.78 is 0. The van der Waals surface area contributed by atoms with Gasteiger partial charge in [-0.3, -0.25) is 19.2 Å². The Bertz CT molecular complexity index is 447. The van der Waals surface area contributed by atoms with Gasteiger partial charge in [-0.15, -0.1) is 0 Å². The molecule has 0 aromatic carbocycles. The Labute approximate surface area is 144 Å². The monoisotopic (exact) mass is 330 g/mol. The number of carboxylic acids is 3. The fourth-order valence-electron chi connectivity index (χ4n) is 1.43. The Balaban J connectivity index is -0.000000667. The van der Waals surface area contributed by atoms with Crippen molar-refractivity contribution >= 4 is 52.8 Å². The van der Waals surface area contributed by atoms with Crippen LogP contribution < -0.4 is 10.6 Å². The van der Waals surface area contributed by atoms with Gasteiger partial charge >= 0.3 is 41.0 Å². The van der Waals surface area contributed by atoms with Gasteiger partial charge in [0.1, 0.15) is 12.1 Å². The second-order valence-electron chi connectivity index (χ2n) is 4.18. The zero-order valence-corrected chi connectivity index (χ0v) is 13.3. The maximum atomic E-state index is 11.8. The average Bonchev–Trinajstić information content (AvgIpc) is 2.31. The fraction of sp³-hybridized carbons (Fsp3) is 0.545. The molecule has 0 heterocycles. The first-order valence-corrected chi connectivity index (χ1v) is 5.87. The van der Waals surface area contributed by atoms with Crippen LogP contribution in [0.25, 0.3) is 0 Å². The van der Waals surface area contributed by atoms with E-state index in [1.54, 1.807) is 0 Å². The summed E-state index contributed by atoms with van der Waals surface area (Å²) >= 11 is 0. The number of carbonyl (C=O) groups is 5. The summed E-state index contributed by atoms with van der Waals surface area (Å²) in [6.07, 6.45) is -1.58. The predicted molar refractivity (Wildman–Crippen MR) is 74.3 cm³/mol. The fourth-order valence-corrected chi connectivity index (χ4v) is 1.43. The number of carboxylic acid groups (broad SMARTS) is 3. The second-order valence-corrected chi connectivity index (χ2v) is 4.18. The van der Waals surface area contributed by atoms with Crippen LogP contribution in [0, 0.1) is 0 Å². The molecule has 0 unspecified atom stereocenters. The smallest absolute Gasteiger partial charge is 1.00 e. The summed E-state index contributed by atoms with van der Waals surface area (Å²) in [6.45, 7) is 1.07. The van der Waals surface area contributed by atoms with E-state index in [0.29, 0.717) is 0 Å².